The van der Waals surface area contributed by atoms with Gasteiger partial charge in [0, 0.05) is 36.9 Å². The number of rotatable bonds is 6. The van der Waals surface area contributed by atoms with Crippen LogP contribution in [0.1, 0.15) is 0 Å². The molecule has 0 aliphatic carbocycles. The van der Waals surface area contributed by atoms with E-state index in [0.717, 1.165) is 55.7 Å². The average molecular weight is 693 g/mol. The predicted molar refractivity (Wildman–Crippen MR) is 225 cm³/mol. The Morgan fingerprint density at radius 1 is 0.283 bits per heavy atom. The summed E-state index contributed by atoms with van der Waals surface area (Å²) in [5.41, 5.74) is 11.8. The number of aromatic nitrogens is 2. The number of nitrogens with zero attached hydrogens (tertiary/aromatic N) is 2. The molecule has 0 aliphatic rings. The van der Waals surface area contributed by atoms with Crippen LogP contribution in [-0.2, 0) is 0 Å². The number of fused-ring (bicyclic) bond motifs is 4. The molecule has 0 N–H and O–H groups in total. The summed E-state index contributed by atoms with van der Waals surface area (Å²) in [6.45, 7) is 0. The molecular weight excluding hydrogens is 661 g/mol. The second-order valence-electron chi connectivity index (χ2n) is 13.4. The summed E-state index contributed by atoms with van der Waals surface area (Å²) in [4.78, 5) is 10.6. The molecule has 0 radical (unpaired) electrons. The third-order valence-corrected chi connectivity index (χ3v) is 11.2. The van der Waals surface area contributed by atoms with Crippen molar-refractivity contribution in [2.24, 2.45) is 0 Å². The van der Waals surface area contributed by atoms with Crippen molar-refractivity contribution < 1.29 is 0 Å². The molecular formula is C50H32N2S. The minimum atomic E-state index is 0.700. The third-order valence-electron chi connectivity index (χ3n) is 10.0. The van der Waals surface area contributed by atoms with E-state index in [-0.39, 0.29) is 0 Å². The summed E-state index contributed by atoms with van der Waals surface area (Å²) in [7, 11) is 0. The van der Waals surface area contributed by atoms with Gasteiger partial charge in [0.1, 0.15) is 0 Å². The number of thiophene rings is 1. The van der Waals surface area contributed by atoms with Crippen molar-refractivity contribution in [3.8, 4) is 67.3 Å². The average Bonchev–Trinajstić information content (AvgIpc) is 3.62. The van der Waals surface area contributed by atoms with E-state index in [4.69, 9.17) is 9.97 Å². The van der Waals surface area contributed by atoms with E-state index in [1.165, 1.54) is 36.7 Å². The first-order valence-corrected chi connectivity index (χ1v) is 18.7. The van der Waals surface area contributed by atoms with Gasteiger partial charge in [-0.25, -0.2) is 9.97 Å². The van der Waals surface area contributed by atoms with Crippen LogP contribution in [0.3, 0.4) is 0 Å². The Kier molecular flexibility index (Phi) is 7.71. The van der Waals surface area contributed by atoms with Crippen LogP contribution in [0.4, 0.5) is 0 Å². The van der Waals surface area contributed by atoms with Crippen molar-refractivity contribution in [1.82, 2.24) is 9.97 Å². The van der Waals surface area contributed by atoms with Crippen molar-refractivity contribution >= 4 is 42.3 Å². The van der Waals surface area contributed by atoms with Gasteiger partial charge in [-0.3, -0.25) is 0 Å². The molecule has 0 saturated heterocycles. The Balaban J connectivity index is 1.19. The maximum atomic E-state index is 5.33. The Morgan fingerprint density at radius 3 is 1.64 bits per heavy atom. The van der Waals surface area contributed by atoms with Crippen LogP contribution in [0.2, 0.25) is 0 Å². The van der Waals surface area contributed by atoms with E-state index in [2.05, 4.69) is 194 Å². The van der Waals surface area contributed by atoms with E-state index in [9.17, 15) is 0 Å². The van der Waals surface area contributed by atoms with Gasteiger partial charge in [-0.2, -0.15) is 0 Å². The monoisotopic (exact) mass is 692 g/mol. The molecule has 248 valence electrons. The second kappa shape index (κ2) is 13.1. The summed E-state index contributed by atoms with van der Waals surface area (Å²) >= 11 is 1.85. The molecule has 0 atom stereocenters. The first-order chi connectivity index (χ1) is 26.2. The standard InChI is InChI=1S/C50H32N2S/c1-3-12-33(13-4-1)37-18-11-19-39(26-37)46-32-47(52-50(51-46)40-23-22-35-16-7-8-17-36(35)27-40)43-29-41(34-14-5-2-6-15-34)28-42(30-43)38-24-25-49-45(31-38)44-20-9-10-21-48(44)53-49/h1-32H. The van der Waals surface area contributed by atoms with Crippen LogP contribution < -0.4 is 0 Å². The van der Waals surface area contributed by atoms with Gasteiger partial charge in [0.2, 0.25) is 0 Å². The summed E-state index contributed by atoms with van der Waals surface area (Å²) < 4.78 is 2.61. The van der Waals surface area contributed by atoms with E-state index < -0.39 is 0 Å². The SMILES string of the molecule is c1ccc(-c2cccc(-c3cc(-c4cc(-c5ccccc5)cc(-c5ccc6sc7ccccc7c6c5)c4)nc(-c4ccc5ccccc5c4)n3)c2)cc1. The fourth-order valence-electron chi connectivity index (χ4n) is 7.33. The predicted octanol–water partition coefficient (Wildman–Crippen LogP) is 14.0. The quantitative estimate of drug-likeness (QED) is 0.173. The highest BCUT2D eigenvalue weighted by atomic mass is 32.1. The Bertz CT molecular complexity index is 2950. The molecule has 2 aromatic heterocycles. The highest BCUT2D eigenvalue weighted by Crippen LogP contribution is 2.39. The molecule has 0 bridgehead atoms. The van der Waals surface area contributed by atoms with Gasteiger partial charge in [0.05, 0.1) is 11.4 Å². The molecule has 10 rings (SSSR count). The lowest BCUT2D eigenvalue weighted by Crippen LogP contribution is -1.97. The van der Waals surface area contributed by atoms with Gasteiger partial charge in [-0.15, -0.1) is 11.3 Å². The largest absolute Gasteiger partial charge is 0.228 e. The van der Waals surface area contributed by atoms with Crippen LogP contribution in [-0.4, -0.2) is 9.97 Å². The fourth-order valence-corrected chi connectivity index (χ4v) is 8.42. The lowest BCUT2D eigenvalue weighted by Gasteiger charge is -2.14. The maximum absolute atomic E-state index is 5.33. The zero-order valence-electron chi connectivity index (χ0n) is 28.8. The molecule has 0 fully saturated rings. The van der Waals surface area contributed by atoms with Crippen LogP contribution in [0, 0.1) is 0 Å². The Morgan fingerprint density at radius 2 is 0.830 bits per heavy atom. The van der Waals surface area contributed by atoms with E-state index >= 15 is 0 Å². The van der Waals surface area contributed by atoms with Gasteiger partial charge >= 0.3 is 0 Å². The van der Waals surface area contributed by atoms with Crippen LogP contribution in [0.25, 0.3) is 98.2 Å². The Labute approximate surface area is 312 Å². The van der Waals surface area contributed by atoms with E-state index in [1.54, 1.807) is 0 Å². The molecule has 0 amide bonds. The summed E-state index contributed by atoms with van der Waals surface area (Å²) in [5.74, 6) is 0.700. The molecule has 2 nitrogen and oxygen atoms in total. The molecule has 53 heavy (non-hydrogen) atoms. The van der Waals surface area contributed by atoms with Gasteiger partial charge in [-0.1, -0.05) is 140 Å². The van der Waals surface area contributed by atoms with Crippen molar-refractivity contribution in [3.05, 3.63) is 194 Å². The van der Waals surface area contributed by atoms with E-state index in [0.29, 0.717) is 5.82 Å². The molecule has 0 aliphatic heterocycles. The van der Waals surface area contributed by atoms with Crippen molar-refractivity contribution in [3.63, 3.8) is 0 Å². The highest BCUT2D eigenvalue weighted by Gasteiger charge is 2.15. The second-order valence-corrected chi connectivity index (χ2v) is 14.5. The minimum absolute atomic E-state index is 0.700. The molecule has 0 unspecified atom stereocenters. The van der Waals surface area contributed by atoms with Crippen LogP contribution in [0.15, 0.2) is 194 Å². The molecule has 8 aromatic carbocycles. The van der Waals surface area contributed by atoms with Crippen molar-refractivity contribution in [1.29, 1.82) is 0 Å². The number of benzene rings is 8. The summed E-state index contributed by atoms with van der Waals surface area (Å²) in [6, 6.07) is 69.3. The van der Waals surface area contributed by atoms with Gasteiger partial charge in [0.15, 0.2) is 5.82 Å². The summed E-state index contributed by atoms with van der Waals surface area (Å²) in [6.07, 6.45) is 0. The van der Waals surface area contributed by atoms with Crippen LogP contribution >= 0.6 is 11.3 Å². The van der Waals surface area contributed by atoms with Gasteiger partial charge < -0.3 is 0 Å². The summed E-state index contributed by atoms with van der Waals surface area (Å²) in [5, 5.41) is 4.94. The highest BCUT2D eigenvalue weighted by molar-refractivity contribution is 7.25. The molecule has 0 saturated carbocycles. The van der Waals surface area contributed by atoms with Crippen molar-refractivity contribution in [2.45, 2.75) is 0 Å². The zero-order chi connectivity index (χ0) is 35.1. The molecule has 2 heterocycles. The molecule has 0 spiro atoms. The van der Waals surface area contributed by atoms with Crippen molar-refractivity contribution in [2.75, 3.05) is 0 Å². The normalized spacial score (nSPS) is 11.4. The lowest BCUT2D eigenvalue weighted by molar-refractivity contribution is 1.18. The first-order valence-electron chi connectivity index (χ1n) is 17.9. The molecule has 3 heteroatoms. The number of hydrogen-bond acceptors (Lipinski definition) is 3. The van der Waals surface area contributed by atoms with Gasteiger partial charge in [0.25, 0.3) is 0 Å². The van der Waals surface area contributed by atoms with E-state index in [1.807, 2.05) is 11.3 Å². The number of hydrogen-bond donors (Lipinski definition) is 0. The molecule has 10 aromatic rings. The fraction of sp³-hybridized carbons (Fsp3) is 0. The minimum Gasteiger partial charge on any atom is -0.228 e. The maximum Gasteiger partial charge on any atom is 0.160 e. The topological polar surface area (TPSA) is 25.8 Å². The van der Waals surface area contributed by atoms with Crippen LogP contribution in [0.5, 0.6) is 0 Å². The smallest absolute Gasteiger partial charge is 0.160 e. The lowest BCUT2D eigenvalue weighted by atomic mass is 9.93. The van der Waals surface area contributed by atoms with Gasteiger partial charge in [-0.05, 0) is 98.8 Å². The Hall–Kier alpha value is -6.68. The third kappa shape index (κ3) is 5.97. The first kappa shape index (κ1) is 31.1. The zero-order valence-corrected chi connectivity index (χ0v) is 29.6.